The van der Waals surface area contributed by atoms with Crippen molar-refractivity contribution in [2.75, 3.05) is 38.2 Å². The molecule has 0 aliphatic carbocycles. The van der Waals surface area contributed by atoms with Crippen molar-refractivity contribution in [2.24, 2.45) is 0 Å². The fourth-order valence-corrected chi connectivity index (χ4v) is 3.17. The van der Waals surface area contributed by atoms with Gasteiger partial charge in [0.25, 0.3) is 0 Å². The van der Waals surface area contributed by atoms with Crippen LogP contribution in [-0.2, 0) is 20.8 Å². The highest BCUT2D eigenvalue weighted by molar-refractivity contribution is 6.24. The minimum atomic E-state index is -1.10. The smallest absolute Gasteiger partial charge is 0.343 e. The highest BCUT2D eigenvalue weighted by Gasteiger charge is 2.25. The van der Waals surface area contributed by atoms with Gasteiger partial charge in [-0.3, -0.25) is 9.69 Å². The summed E-state index contributed by atoms with van der Waals surface area (Å²) in [6, 6.07) is 7.14. The van der Waals surface area contributed by atoms with Gasteiger partial charge in [0.1, 0.15) is 11.4 Å². The number of hydrogen-bond donors (Lipinski definition) is 1. The van der Waals surface area contributed by atoms with Gasteiger partial charge < -0.3 is 14.8 Å². The molecule has 0 atom stereocenters. The third-order valence-corrected chi connectivity index (χ3v) is 4.83. The largest absolute Gasteiger partial charge is 0.462 e. The molecule has 0 unspecified atom stereocenters. The number of Topliss-reactive ketones (excluding diaryl/α,β-unsaturated/α-hetero) is 1. The van der Waals surface area contributed by atoms with Crippen molar-refractivity contribution >= 4 is 17.4 Å². The summed E-state index contributed by atoms with van der Waals surface area (Å²) in [5, 5.41) is 2.57. The van der Waals surface area contributed by atoms with E-state index in [1.807, 2.05) is 0 Å². The van der Waals surface area contributed by atoms with Crippen LogP contribution in [0.15, 0.2) is 48.2 Å². The average Bonchev–Trinajstić information content (AvgIpc) is 2.78. The van der Waals surface area contributed by atoms with E-state index < -0.39 is 34.8 Å². The summed E-state index contributed by atoms with van der Waals surface area (Å²) < 4.78 is 51.3. The molecule has 1 aliphatic heterocycles. The third-order valence-electron chi connectivity index (χ3n) is 4.83. The normalized spacial score (nSPS) is 14.8. The number of ether oxygens (including phenoxy) is 2. The van der Waals surface area contributed by atoms with E-state index in [1.165, 1.54) is 18.2 Å². The number of nitrogens with zero attached hydrogens (tertiary/aromatic N) is 1. The van der Waals surface area contributed by atoms with Gasteiger partial charge in [0.15, 0.2) is 11.6 Å². The molecule has 1 fully saturated rings. The molecule has 0 amide bonds. The van der Waals surface area contributed by atoms with Crippen molar-refractivity contribution in [1.82, 2.24) is 4.90 Å². The molecule has 1 saturated heterocycles. The number of benzene rings is 2. The van der Waals surface area contributed by atoms with Crippen LogP contribution < -0.4 is 5.32 Å². The van der Waals surface area contributed by atoms with E-state index >= 15 is 0 Å². The number of morpholine rings is 1. The second kappa shape index (κ2) is 10.9. The highest BCUT2D eigenvalue weighted by Crippen LogP contribution is 2.19. The van der Waals surface area contributed by atoms with Crippen LogP contribution in [0.5, 0.6) is 0 Å². The van der Waals surface area contributed by atoms with Crippen LogP contribution in [0.3, 0.4) is 0 Å². The molecule has 6 nitrogen and oxygen atoms in total. The van der Waals surface area contributed by atoms with E-state index in [2.05, 4.69) is 10.2 Å². The van der Waals surface area contributed by atoms with Crippen molar-refractivity contribution < 1.29 is 32.2 Å². The fraction of sp³-hybridized carbons (Fsp3) is 0.304. The maximum absolute atomic E-state index is 14.5. The molecule has 3 rings (SSSR count). The minimum Gasteiger partial charge on any atom is -0.462 e. The monoisotopic (exact) mass is 448 g/mol. The zero-order valence-electron chi connectivity index (χ0n) is 17.5. The molecule has 0 spiro atoms. The van der Waals surface area contributed by atoms with E-state index in [0.717, 1.165) is 18.3 Å². The number of rotatable bonds is 8. The van der Waals surface area contributed by atoms with Crippen LogP contribution in [-0.4, -0.2) is 49.6 Å². The van der Waals surface area contributed by atoms with Gasteiger partial charge in [-0.2, -0.15) is 0 Å². The number of carbonyl (C=O) groups excluding carboxylic acids is 2. The maximum atomic E-state index is 14.5. The van der Waals surface area contributed by atoms with Crippen molar-refractivity contribution in [3.05, 3.63) is 76.7 Å². The summed E-state index contributed by atoms with van der Waals surface area (Å²) in [6.45, 7) is 4.67. The molecule has 32 heavy (non-hydrogen) atoms. The number of anilines is 1. The number of halogens is 3. The van der Waals surface area contributed by atoms with Crippen molar-refractivity contribution in [3.63, 3.8) is 0 Å². The number of hydrogen-bond acceptors (Lipinski definition) is 6. The first-order chi connectivity index (χ1) is 15.4. The van der Waals surface area contributed by atoms with Gasteiger partial charge in [0.2, 0.25) is 5.78 Å². The molecule has 1 N–H and O–H groups in total. The fourth-order valence-electron chi connectivity index (χ4n) is 3.17. The molecule has 0 radical (unpaired) electrons. The van der Waals surface area contributed by atoms with E-state index in [4.69, 9.17) is 9.47 Å². The molecule has 0 bridgehead atoms. The first kappa shape index (κ1) is 23.5. The van der Waals surface area contributed by atoms with Crippen molar-refractivity contribution in [2.45, 2.75) is 13.5 Å². The van der Waals surface area contributed by atoms with Crippen LogP contribution in [0.1, 0.15) is 22.8 Å². The molecular formula is C23H23F3N2O4. The summed E-state index contributed by atoms with van der Waals surface area (Å²) in [6.07, 6.45) is 1.00. The standard InChI is InChI=1S/C23H23F3N2O4/c1-2-32-23(30)18(13-27-16-4-6-20(25)21(26)12-16)22(29)17-11-15(3-5-19(17)24)14-28-7-9-31-10-8-28/h3-6,11-13,27H,2,7-10,14H2,1H3/b18-13+. The summed E-state index contributed by atoms with van der Waals surface area (Å²) in [5.41, 5.74) is 0.0367. The Bertz CT molecular complexity index is 1020. The number of nitrogens with one attached hydrogen (secondary N) is 1. The molecule has 1 heterocycles. The Labute approximate surface area is 183 Å². The van der Waals surface area contributed by atoms with Crippen LogP contribution in [0, 0.1) is 17.5 Å². The molecule has 170 valence electrons. The second-order valence-electron chi connectivity index (χ2n) is 7.08. The summed E-state index contributed by atoms with van der Waals surface area (Å²) in [5.74, 6) is -4.79. The van der Waals surface area contributed by atoms with Gasteiger partial charge in [-0.15, -0.1) is 0 Å². The SMILES string of the molecule is CCOC(=O)/C(=C/Nc1ccc(F)c(F)c1)C(=O)c1cc(CN2CCOCC2)ccc1F. The Balaban J connectivity index is 1.87. The summed E-state index contributed by atoms with van der Waals surface area (Å²) >= 11 is 0. The van der Waals surface area contributed by atoms with E-state index in [9.17, 15) is 22.8 Å². The molecule has 2 aromatic rings. The Kier molecular flexibility index (Phi) is 8.02. The molecule has 2 aromatic carbocycles. The van der Waals surface area contributed by atoms with Crippen LogP contribution in [0.4, 0.5) is 18.9 Å². The van der Waals surface area contributed by atoms with Gasteiger partial charge in [-0.25, -0.2) is 18.0 Å². The van der Waals surface area contributed by atoms with Gasteiger partial charge in [0, 0.05) is 37.6 Å². The Morgan fingerprint density at radius 3 is 2.47 bits per heavy atom. The second-order valence-corrected chi connectivity index (χ2v) is 7.08. The molecular weight excluding hydrogens is 425 g/mol. The van der Waals surface area contributed by atoms with E-state index in [-0.39, 0.29) is 17.9 Å². The van der Waals surface area contributed by atoms with E-state index in [1.54, 1.807) is 13.0 Å². The van der Waals surface area contributed by atoms with Crippen LogP contribution in [0.2, 0.25) is 0 Å². The van der Waals surface area contributed by atoms with Crippen molar-refractivity contribution in [3.8, 4) is 0 Å². The highest BCUT2D eigenvalue weighted by atomic mass is 19.2. The van der Waals surface area contributed by atoms with Gasteiger partial charge in [-0.1, -0.05) is 6.07 Å². The lowest BCUT2D eigenvalue weighted by Gasteiger charge is -2.26. The molecule has 9 heteroatoms. The first-order valence-corrected chi connectivity index (χ1v) is 10.1. The lowest BCUT2D eigenvalue weighted by Crippen LogP contribution is -2.35. The zero-order chi connectivity index (χ0) is 23.1. The average molecular weight is 448 g/mol. The summed E-state index contributed by atoms with van der Waals surface area (Å²) in [7, 11) is 0. The Morgan fingerprint density at radius 2 is 1.78 bits per heavy atom. The maximum Gasteiger partial charge on any atom is 0.343 e. The zero-order valence-corrected chi connectivity index (χ0v) is 17.5. The van der Waals surface area contributed by atoms with Crippen LogP contribution >= 0.6 is 0 Å². The molecule has 0 aromatic heterocycles. The molecule has 0 saturated carbocycles. The van der Waals surface area contributed by atoms with Gasteiger partial charge >= 0.3 is 5.97 Å². The Hall–Kier alpha value is -3.17. The molecule has 1 aliphatic rings. The quantitative estimate of drug-likeness (QED) is 0.219. The van der Waals surface area contributed by atoms with Gasteiger partial charge in [-0.05, 0) is 36.8 Å². The number of carbonyl (C=O) groups is 2. The van der Waals surface area contributed by atoms with Gasteiger partial charge in [0.05, 0.1) is 25.4 Å². The van der Waals surface area contributed by atoms with E-state index in [0.29, 0.717) is 38.4 Å². The minimum absolute atomic E-state index is 0.00577. The lowest BCUT2D eigenvalue weighted by molar-refractivity contribution is -0.138. The van der Waals surface area contributed by atoms with Crippen molar-refractivity contribution in [1.29, 1.82) is 0 Å². The number of ketones is 1. The summed E-state index contributed by atoms with van der Waals surface area (Å²) in [4.78, 5) is 27.5. The number of esters is 1. The lowest BCUT2D eigenvalue weighted by atomic mass is 10.0. The Morgan fingerprint density at radius 1 is 1.06 bits per heavy atom. The predicted molar refractivity (Wildman–Crippen MR) is 112 cm³/mol. The topological polar surface area (TPSA) is 67.9 Å². The predicted octanol–water partition coefficient (Wildman–Crippen LogP) is 3.68. The first-order valence-electron chi connectivity index (χ1n) is 10.1. The third kappa shape index (κ3) is 5.95. The van der Waals surface area contributed by atoms with Crippen LogP contribution in [0.25, 0.3) is 0 Å².